The molecule has 3 aromatic rings. The number of nitrogens with one attached hydrogen (secondary N) is 1. The van der Waals surface area contributed by atoms with Crippen molar-refractivity contribution in [1.29, 1.82) is 0 Å². The van der Waals surface area contributed by atoms with Crippen LogP contribution in [0.2, 0.25) is 10.0 Å². The van der Waals surface area contributed by atoms with Gasteiger partial charge in [0.25, 0.3) is 0 Å². The van der Waals surface area contributed by atoms with Crippen molar-refractivity contribution in [2.45, 2.75) is 64.1 Å². The van der Waals surface area contributed by atoms with Crippen LogP contribution in [0, 0.1) is 18.3 Å². The lowest BCUT2D eigenvalue weighted by molar-refractivity contribution is -0.149. The molecule has 1 amide bonds. The molecule has 1 saturated carbocycles. The third kappa shape index (κ3) is 5.39. The molecule has 0 radical (unpaired) electrons. The maximum atomic E-state index is 12.1. The molecule has 1 N–H and O–H groups in total. The molecule has 0 bridgehead atoms. The molecule has 1 atom stereocenters. The van der Waals surface area contributed by atoms with E-state index in [4.69, 9.17) is 33.0 Å². The zero-order valence-electron chi connectivity index (χ0n) is 27.8. The van der Waals surface area contributed by atoms with E-state index in [9.17, 15) is 4.79 Å². The highest BCUT2D eigenvalue weighted by Crippen LogP contribution is 2.56. The third-order valence-electron chi connectivity index (χ3n) is 11.8. The number of halogens is 2. The number of H-pyrrole nitrogens is 1. The Labute approximate surface area is 287 Å². The minimum atomic E-state index is -0.102. The number of piperazine rings is 1. The van der Waals surface area contributed by atoms with E-state index >= 15 is 0 Å². The number of piperidine rings is 1. The number of anilines is 1. The lowest BCUT2D eigenvalue weighted by Crippen LogP contribution is -2.63. The Morgan fingerprint density at radius 3 is 2.49 bits per heavy atom. The quantitative estimate of drug-likeness (QED) is 0.335. The summed E-state index contributed by atoms with van der Waals surface area (Å²) in [5.74, 6) is 1.63. The molecule has 2 aromatic heterocycles. The van der Waals surface area contributed by atoms with Gasteiger partial charge in [0, 0.05) is 85.5 Å². The molecular weight excluding hydrogens is 635 g/mol. The number of fused-ring (bicyclic) bond motifs is 1. The number of benzene rings is 1. The van der Waals surface area contributed by atoms with Crippen LogP contribution in [0.3, 0.4) is 0 Å². The standard InChI is InChI=1S/C35H46Cl2N8O2/c1-5-29(46)43-20-35(21-43)14-24(15-35)45-22(2)30(31-26-16-38-39-28(26)12-27(36)32(31)37)33(40-45)44-7-6-23(13-34(44,3)4)17-41-8-10-42(11-9-41)25-18-47-19-25/h5,12,16,23-25H,1,6-11,13-15,17-21H2,2-4H3,(H,38,39)/t23-/m1/s1. The van der Waals surface area contributed by atoms with Gasteiger partial charge in [0.05, 0.1) is 47.1 Å². The van der Waals surface area contributed by atoms with Gasteiger partial charge in [-0.2, -0.15) is 10.2 Å². The van der Waals surface area contributed by atoms with E-state index in [1.807, 2.05) is 17.2 Å². The summed E-state index contributed by atoms with van der Waals surface area (Å²) in [5.41, 5.74) is 3.98. The van der Waals surface area contributed by atoms with Crippen molar-refractivity contribution in [2.24, 2.45) is 11.3 Å². The molecule has 4 aliphatic heterocycles. The van der Waals surface area contributed by atoms with Gasteiger partial charge < -0.3 is 19.4 Å². The van der Waals surface area contributed by atoms with Crippen LogP contribution >= 0.6 is 23.2 Å². The smallest absolute Gasteiger partial charge is 0.245 e. The number of nitrogens with zero attached hydrogens (tertiary/aromatic N) is 7. The second-order valence-electron chi connectivity index (χ2n) is 15.4. The summed E-state index contributed by atoms with van der Waals surface area (Å²) in [6.07, 6.45) is 7.50. The molecule has 1 aromatic carbocycles. The normalized spacial score (nSPS) is 25.2. The molecule has 252 valence electrons. The fourth-order valence-electron chi connectivity index (χ4n) is 9.23. The van der Waals surface area contributed by atoms with Crippen molar-refractivity contribution in [3.63, 3.8) is 0 Å². The van der Waals surface area contributed by atoms with Crippen LogP contribution in [0.4, 0.5) is 5.82 Å². The van der Waals surface area contributed by atoms with E-state index in [1.165, 1.54) is 6.08 Å². The molecule has 5 fully saturated rings. The molecule has 4 saturated heterocycles. The fourth-order valence-corrected chi connectivity index (χ4v) is 9.68. The summed E-state index contributed by atoms with van der Waals surface area (Å²) in [7, 11) is 0. The molecule has 1 spiro atoms. The number of likely N-dealkylation sites (tertiary alicyclic amines) is 1. The number of hydrogen-bond donors (Lipinski definition) is 1. The minimum Gasteiger partial charge on any atom is -0.378 e. The van der Waals surface area contributed by atoms with Crippen molar-refractivity contribution in [3.05, 3.63) is 40.7 Å². The minimum absolute atomic E-state index is 0.0234. The maximum Gasteiger partial charge on any atom is 0.245 e. The van der Waals surface area contributed by atoms with Gasteiger partial charge >= 0.3 is 0 Å². The predicted molar refractivity (Wildman–Crippen MR) is 186 cm³/mol. The zero-order valence-corrected chi connectivity index (χ0v) is 29.3. The summed E-state index contributed by atoms with van der Waals surface area (Å²) in [4.78, 5) is 21.9. The summed E-state index contributed by atoms with van der Waals surface area (Å²) >= 11 is 13.8. The highest BCUT2D eigenvalue weighted by atomic mass is 35.5. The highest BCUT2D eigenvalue weighted by Gasteiger charge is 2.55. The first kappa shape index (κ1) is 31.6. The number of carbonyl (C=O) groups is 1. The van der Waals surface area contributed by atoms with E-state index in [2.05, 4.69) is 56.9 Å². The van der Waals surface area contributed by atoms with Crippen molar-refractivity contribution in [3.8, 4) is 11.1 Å². The number of rotatable bonds is 7. The molecule has 8 rings (SSSR count). The van der Waals surface area contributed by atoms with Crippen LogP contribution in [0.25, 0.3) is 22.0 Å². The van der Waals surface area contributed by atoms with E-state index in [0.717, 1.165) is 125 Å². The average Bonchev–Trinajstić information content (AvgIpc) is 3.56. The van der Waals surface area contributed by atoms with Gasteiger partial charge in [-0.1, -0.05) is 29.8 Å². The van der Waals surface area contributed by atoms with Crippen molar-refractivity contribution in [1.82, 2.24) is 34.7 Å². The Hall–Kier alpha value is -2.63. The van der Waals surface area contributed by atoms with E-state index in [0.29, 0.717) is 22.0 Å². The van der Waals surface area contributed by atoms with Crippen LogP contribution in [0.1, 0.15) is 51.3 Å². The van der Waals surface area contributed by atoms with Gasteiger partial charge in [-0.05, 0) is 64.5 Å². The van der Waals surface area contributed by atoms with Gasteiger partial charge in [0.1, 0.15) is 0 Å². The SMILES string of the molecule is C=CC(=O)N1CC2(CC(n3nc(N4CC[C@@H](CN5CCN(C6COC6)CC5)CC4(C)C)c(-c4c(Cl)c(Cl)cc5[nH]ncc45)c3C)C2)C1. The van der Waals surface area contributed by atoms with E-state index < -0.39 is 0 Å². The first-order valence-electron chi connectivity index (χ1n) is 17.2. The van der Waals surface area contributed by atoms with Crippen molar-refractivity contribution >= 4 is 45.8 Å². The van der Waals surface area contributed by atoms with Gasteiger partial charge in [0.15, 0.2) is 5.82 Å². The molecule has 6 heterocycles. The van der Waals surface area contributed by atoms with Gasteiger partial charge in [-0.15, -0.1) is 0 Å². The van der Waals surface area contributed by atoms with Crippen molar-refractivity contribution < 1.29 is 9.53 Å². The molecule has 1 aliphatic carbocycles. The number of amides is 1. The zero-order chi connectivity index (χ0) is 32.7. The first-order chi connectivity index (χ1) is 22.6. The second kappa shape index (κ2) is 11.8. The Morgan fingerprint density at radius 1 is 1.09 bits per heavy atom. The monoisotopic (exact) mass is 680 g/mol. The number of ether oxygens (including phenoxy) is 1. The molecule has 5 aliphatic rings. The van der Waals surface area contributed by atoms with E-state index in [-0.39, 0.29) is 22.9 Å². The fraction of sp³-hybridized carbons (Fsp3) is 0.629. The Kier molecular flexibility index (Phi) is 7.91. The molecule has 0 unspecified atom stereocenters. The second-order valence-corrected chi connectivity index (χ2v) is 16.2. The van der Waals surface area contributed by atoms with Gasteiger partial charge in [-0.25, -0.2) is 0 Å². The third-order valence-corrected chi connectivity index (χ3v) is 12.6. The summed E-state index contributed by atoms with van der Waals surface area (Å²) < 4.78 is 7.68. The Bertz CT molecular complexity index is 1690. The molecule has 10 nitrogen and oxygen atoms in total. The first-order valence-corrected chi connectivity index (χ1v) is 17.9. The van der Waals surface area contributed by atoms with Crippen LogP contribution in [-0.2, 0) is 9.53 Å². The van der Waals surface area contributed by atoms with Gasteiger partial charge in [0.2, 0.25) is 5.91 Å². The molecular formula is C35H46Cl2N8O2. The van der Waals surface area contributed by atoms with Crippen molar-refractivity contribution in [2.75, 3.05) is 70.5 Å². The van der Waals surface area contributed by atoms with Gasteiger partial charge in [-0.3, -0.25) is 19.5 Å². The lowest BCUT2D eigenvalue weighted by Gasteiger charge is -2.58. The van der Waals surface area contributed by atoms with Crippen LogP contribution in [0.15, 0.2) is 24.9 Å². The molecule has 12 heteroatoms. The van der Waals surface area contributed by atoms with Crippen LogP contribution < -0.4 is 4.90 Å². The average molecular weight is 682 g/mol. The van der Waals surface area contributed by atoms with E-state index in [1.54, 1.807) is 0 Å². The predicted octanol–water partition coefficient (Wildman–Crippen LogP) is 5.40. The Morgan fingerprint density at radius 2 is 1.83 bits per heavy atom. The van der Waals surface area contributed by atoms with Crippen LogP contribution in [-0.4, -0.2) is 118 Å². The topological polar surface area (TPSA) is 85.8 Å². The molecule has 47 heavy (non-hydrogen) atoms. The number of aromatic amines is 1. The summed E-state index contributed by atoms with van der Waals surface area (Å²) in [5, 5.41) is 14.9. The highest BCUT2D eigenvalue weighted by molar-refractivity contribution is 6.45. The summed E-state index contributed by atoms with van der Waals surface area (Å²) in [6.45, 7) is 20.6. The Balaban J connectivity index is 1.07. The number of aromatic nitrogens is 4. The largest absolute Gasteiger partial charge is 0.378 e. The maximum absolute atomic E-state index is 12.1. The summed E-state index contributed by atoms with van der Waals surface area (Å²) in [6, 6.07) is 2.75. The number of hydrogen-bond acceptors (Lipinski definition) is 7. The van der Waals surface area contributed by atoms with Crippen LogP contribution in [0.5, 0.6) is 0 Å². The lowest BCUT2D eigenvalue weighted by atomic mass is 9.60. The number of carbonyl (C=O) groups excluding carboxylic acids is 1.